The molecule has 140 valence electrons. The third-order valence-electron chi connectivity index (χ3n) is 3.84. The van der Waals surface area contributed by atoms with Crippen LogP contribution in [0.15, 0.2) is 35.2 Å². The van der Waals surface area contributed by atoms with Crippen LogP contribution in [0, 0.1) is 17.5 Å². The van der Waals surface area contributed by atoms with Crippen LogP contribution >= 0.6 is 11.6 Å². The molecular formula is C16H14ClF3N2O3S. The second-order valence-corrected chi connectivity index (χ2v) is 7.63. The van der Waals surface area contributed by atoms with Crippen molar-refractivity contribution in [2.24, 2.45) is 0 Å². The summed E-state index contributed by atoms with van der Waals surface area (Å²) < 4.78 is 72.9. The molecule has 1 N–H and O–H groups in total. The number of nitrogens with one attached hydrogen (secondary N) is 1. The summed E-state index contributed by atoms with van der Waals surface area (Å²) in [5, 5.41) is 0.255. The summed E-state index contributed by atoms with van der Waals surface area (Å²) in [5.41, 5.74) is 0.618. The van der Waals surface area contributed by atoms with Crippen LogP contribution in [0.1, 0.15) is 0 Å². The Labute approximate surface area is 153 Å². The second kappa shape index (κ2) is 7.34. The van der Waals surface area contributed by atoms with Gasteiger partial charge in [0.05, 0.1) is 24.6 Å². The second-order valence-electron chi connectivity index (χ2n) is 5.54. The molecule has 0 spiro atoms. The van der Waals surface area contributed by atoms with E-state index in [1.54, 1.807) is 12.1 Å². The molecule has 1 heterocycles. The molecule has 0 amide bonds. The van der Waals surface area contributed by atoms with Crippen LogP contribution in [0.4, 0.5) is 24.5 Å². The van der Waals surface area contributed by atoms with Gasteiger partial charge >= 0.3 is 0 Å². The highest BCUT2D eigenvalue weighted by molar-refractivity contribution is 7.92. The van der Waals surface area contributed by atoms with Gasteiger partial charge in [0.25, 0.3) is 10.0 Å². The predicted octanol–water partition coefficient (Wildman–Crippen LogP) is 3.39. The first-order chi connectivity index (χ1) is 12.3. The van der Waals surface area contributed by atoms with Gasteiger partial charge < -0.3 is 9.64 Å². The number of sulfonamides is 1. The van der Waals surface area contributed by atoms with Gasteiger partial charge in [-0.25, -0.2) is 21.6 Å². The van der Waals surface area contributed by atoms with Crippen molar-refractivity contribution in [1.82, 2.24) is 0 Å². The van der Waals surface area contributed by atoms with E-state index in [2.05, 4.69) is 4.72 Å². The van der Waals surface area contributed by atoms with Crippen LogP contribution in [0.3, 0.4) is 0 Å². The molecule has 1 aliphatic rings. The molecule has 1 fully saturated rings. The molecular weight excluding hydrogens is 393 g/mol. The maximum absolute atomic E-state index is 13.9. The fraction of sp³-hybridized carbons (Fsp3) is 0.250. The van der Waals surface area contributed by atoms with E-state index in [0.717, 1.165) is 0 Å². The standard InChI is InChI=1S/C16H14ClF3N2O3S/c17-10-1-3-13(22-5-7-25-8-6-22)12(9-10)21-26(23,24)14-4-2-11(18)15(19)16(14)20/h1-4,9,21H,5-8H2. The summed E-state index contributed by atoms with van der Waals surface area (Å²) in [4.78, 5) is 0.878. The molecule has 0 radical (unpaired) electrons. The number of benzene rings is 2. The first-order valence-corrected chi connectivity index (χ1v) is 9.44. The van der Waals surface area contributed by atoms with Crippen LogP contribution in [0.5, 0.6) is 0 Å². The largest absolute Gasteiger partial charge is 0.378 e. The monoisotopic (exact) mass is 406 g/mol. The number of halogens is 4. The topological polar surface area (TPSA) is 58.6 Å². The summed E-state index contributed by atoms with van der Waals surface area (Å²) in [7, 11) is -4.51. The minimum absolute atomic E-state index is 0.100. The first kappa shape index (κ1) is 18.8. The number of nitrogens with zero attached hydrogens (tertiary/aromatic N) is 1. The Kier molecular flexibility index (Phi) is 5.31. The van der Waals surface area contributed by atoms with Crippen molar-refractivity contribution in [3.63, 3.8) is 0 Å². The zero-order valence-electron chi connectivity index (χ0n) is 13.3. The highest BCUT2D eigenvalue weighted by Crippen LogP contribution is 2.32. The third kappa shape index (κ3) is 3.74. The van der Waals surface area contributed by atoms with Gasteiger partial charge in [0.2, 0.25) is 0 Å². The van der Waals surface area contributed by atoms with E-state index < -0.39 is 32.4 Å². The van der Waals surface area contributed by atoms with Gasteiger partial charge in [-0.3, -0.25) is 4.72 Å². The number of hydrogen-bond donors (Lipinski definition) is 1. The van der Waals surface area contributed by atoms with E-state index in [4.69, 9.17) is 16.3 Å². The summed E-state index contributed by atoms with van der Waals surface area (Å²) >= 11 is 5.95. The first-order valence-electron chi connectivity index (χ1n) is 7.58. The molecule has 0 aromatic heterocycles. The minimum Gasteiger partial charge on any atom is -0.378 e. The average Bonchev–Trinajstić information content (AvgIpc) is 2.60. The molecule has 0 atom stereocenters. The zero-order chi connectivity index (χ0) is 18.9. The molecule has 2 aromatic rings. The summed E-state index contributed by atoms with van der Waals surface area (Å²) in [6.45, 7) is 1.98. The molecule has 0 unspecified atom stereocenters. The van der Waals surface area contributed by atoms with Gasteiger partial charge in [-0.2, -0.15) is 0 Å². The highest BCUT2D eigenvalue weighted by atomic mass is 35.5. The minimum atomic E-state index is -4.51. The fourth-order valence-corrected chi connectivity index (χ4v) is 3.89. The molecule has 2 aromatic carbocycles. The maximum atomic E-state index is 13.9. The Hall–Kier alpha value is -1.97. The Morgan fingerprint density at radius 3 is 2.42 bits per heavy atom. The smallest absolute Gasteiger partial charge is 0.265 e. The van der Waals surface area contributed by atoms with Crippen molar-refractivity contribution < 1.29 is 26.3 Å². The zero-order valence-corrected chi connectivity index (χ0v) is 14.9. The maximum Gasteiger partial charge on any atom is 0.265 e. The average molecular weight is 407 g/mol. The van der Waals surface area contributed by atoms with Crippen LogP contribution < -0.4 is 9.62 Å². The molecule has 1 saturated heterocycles. The number of hydrogen-bond acceptors (Lipinski definition) is 4. The van der Waals surface area contributed by atoms with Crippen molar-refractivity contribution in [2.45, 2.75) is 4.90 Å². The van der Waals surface area contributed by atoms with Gasteiger partial charge in [0, 0.05) is 18.1 Å². The quantitative estimate of drug-likeness (QED) is 0.791. The number of ether oxygens (including phenoxy) is 1. The molecule has 0 saturated carbocycles. The molecule has 0 aliphatic carbocycles. The van der Waals surface area contributed by atoms with E-state index in [1.165, 1.54) is 6.07 Å². The van der Waals surface area contributed by atoms with E-state index in [9.17, 15) is 21.6 Å². The SMILES string of the molecule is O=S(=O)(Nc1cc(Cl)ccc1N1CCOCC1)c1ccc(F)c(F)c1F. The Bertz CT molecular complexity index is 935. The van der Waals surface area contributed by atoms with Crippen molar-refractivity contribution in [2.75, 3.05) is 35.9 Å². The fourth-order valence-electron chi connectivity index (χ4n) is 2.59. The summed E-state index contributed by atoms with van der Waals surface area (Å²) in [6.07, 6.45) is 0. The van der Waals surface area contributed by atoms with E-state index in [0.29, 0.717) is 44.1 Å². The van der Waals surface area contributed by atoms with Gasteiger partial charge in [0.1, 0.15) is 4.90 Å². The van der Waals surface area contributed by atoms with Crippen molar-refractivity contribution in [1.29, 1.82) is 0 Å². The molecule has 0 bridgehead atoms. The molecule has 3 rings (SSSR count). The van der Waals surface area contributed by atoms with Gasteiger partial charge in [-0.1, -0.05) is 11.6 Å². The van der Waals surface area contributed by atoms with Crippen molar-refractivity contribution >= 4 is 33.0 Å². The van der Waals surface area contributed by atoms with Gasteiger partial charge in [-0.05, 0) is 30.3 Å². The van der Waals surface area contributed by atoms with Crippen LogP contribution in [0.2, 0.25) is 5.02 Å². The van der Waals surface area contributed by atoms with Crippen molar-refractivity contribution in [3.05, 3.63) is 52.8 Å². The Balaban J connectivity index is 2.00. The lowest BCUT2D eigenvalue weighted by atomic mass is 10.2. The van der Waals surface area contributed by atoms with E-state index in [1.807, 2.05) is 4.90 Å². The lowest BCUT2D eigenvalue weighted by molar-refractivity contribution is 0.123. The van der Waals surface area contributed by atoms with Gasteiger partial charge in [0.15, 0.2) is 17.5 Å². The lowest BCUT2D eigenvalue weighted by Crippen LogP contribution is -2.36. The molecule has 1 aliphatic heterocycles. The van der Waals surface area contributed by atoms with Crippen LogP contribution in [-0.4, -0.2) is 34.7 Å². The highest BCUT2D eigenvalue weighted by Gasteiger charge is 2.26. The van der Waals surface area contributed by atoms with Crippen LogP contribution in [0.25, 0.3) is 0 Å². The summed E-state index contributed by atoms with van der Waals surface area (Å²) in [5.74, 6) is -5.11. The number of anilines is 2. The summed E-state index contributed by atoms with van der Waals surface area (Å²) in [6, 6.07) is 5.78. The lowest BCUT2D eigenvalue weighted by Gasteiger charge is -2.30. The molecule has 5 nitrogen and oxygen atoms in total. The van der Waals surface area contributed by atoms with Gasteiger partial charge in [-0.15, -0.1) is 0 Å². The van der Waals surface area contributed by atoms with Crippen LogP contribution in [-0.2, 0) is 14.8 Å². The van der Waals surface area contributed by atoms with Crippen molar-refractivity contribution in [3.8, 4) is 0 Å². The molecule has 10 heteroatoms. The Morgan fingerprint density at radius 1 is 1.04 bits per heavy atom. The Morgan fingerprint density at radius 2 is 1.73 bits per heavy atom. The van der Waals surface area contributed by atoms with E-state index >= 15 is 0 Å². The number of rotatable bonds is 4. The molecule has 26 heavy (non-hydrogen) atoms. The normalized spacial score (nSPS) is 15.2. The third-order valence-corrected chi connectivity index (χ3v) is 5.46. The van der Waals surface area contributed by atoms with E-state index in [-0.39, 0.29) is 10.7 Å². The number of morpholine rings is 1. The predicted molar refractivity (Wildman–Crippen MR) is 91.6 cm³/mol.